The zero-order chi connectivity index (χ0) is 16.6. The summed E-state index contributed by atoms with van der Waals surface area (Å²) in [4.78, 5) is 24.9. The molecule has 5 heteroatoms. The molecule has 1 fully saturated rings. The van der Waals surface area contributed by atoms with E-state index in [0.29, 0.717) is 22.9 Å². The number of aromatic nitrogens is 1. The van der Waals surface area contributed by atoms with E-state index < -0.39 is 0 Å². The van der Waals surface area contributed by atoms with Crippen molar-refractivity contribution in [2.75, 3.05) is 6.61 Å². The lowest BCUT2D eigenvalue weighted by Crippen LogP contribution is -2.46. The van der Waals surface area contributed by atoms with Crippen molar-refractivity contribution in [2.24, 2.45) is 7.05 Å². The van der Waals surface area contributed by atoms with Crippen molar-refractivity contribution < 1.29 is 9.53 Å². The third-order valence-corrected chi connectivity index (χ3v) is 4.37. The van der Waals surface area contributed by atoms with E-state index in [4.69, 9.17) is 4.74 Å². The maximum atomic E-state index is 12.7. The molecule has 1 amide bonds. The highest BCUT2D eigenvalue weighted by molar-refractivity contribution is 6.06. The van der Waals surface area contributed by atoms with E-state index in [-0.39, 0.29) is 23.1 Å². The van der Waals surface area contributed by atoms with Gasteiger partial charge in [-0.2, -0.15) is 0 Å². The number of fused-ring (bicyclic) bond motifs is 1. The van der Waals surface area contributed by atoms with Gasteiger partial charge in [0.1, 0.15) is 0 Å². The molecule has 1 saturated heterocycles. The minimum Gasteiger partial charge on any atom is -0.375 e. The molecule has 5 nitrogen and oxygen atoms in total. The topological polar surface area (TPSA) is 60.3 Å². The normalized spacial score (nSPS) is 20.4. The lowest BCUT2D eigenvalue weighted by molar-refractivity contribution is -0.0615. The first-order valence-electron chi connectivity index (χ1n) is 7.90. The summed E-state index contributed by atoms with van der Waals surface area (Å²) in [6.45, 7) is 4.71. The van der Waals surface area contributed by atoms with Crippen molar-refractivity contribution in [1.82, 2.24) is 9.88 Å². The van der Waals surface area contributed by atoms with Gasteiger partial charge in [-0.3, -0.25) is 9.59 Å². The highest BCUT2D eigenvalue weighted by atomic mass is 16.5. The average Bonchev–Trinajstić information content (AvgIpc) is 2.50. The molecule has 2 heterocycles. The second kappa shape index (κ2) is 5.81. The molecule has 1 aliphatic heterocycles. The number of pyridine rings is 1. The standard InChI is InChI=1S/C18H22N2O3/c1-18(2)10-12(8-9-23-18)19-16(21)15-11-20(3)17(22)14-7-5-4-6-13(14)15/h4-7,11-12H,8-10H2,1-3H3,(H,19,21)/t12-/m1/s1. The summed E-state index contributed by atoms with van der Waals surface area (Å²) in [5, 5.41) is 4.35. The van der Waals surface area contributed by atoms with Crippen LogP contribution in [0.2, 0.25) is 0 Å². The fourth-order valence-corrected chi connectivity index (χ4v) is 3.22. The van der Waals surface area contributed by atoms with Crippen LogP contribution in [0.4, 0.5) is 0 Å². The fraction of sp³-hybridized carbons (Fsp3) is 0.444. The zero-order valence-corrected chi connectivity index (χ0v) is 13.8. The first-order chi connectivity index (χ1) is 10.9. The zero-order valence-electron chi connectivity index (χ0n) is 13.8. The molecule has 0 saturated carbocycles. The van der Waals surface area contributed by atoms with Crippen molar-refractivity contribution in [2.45, 2.75) is 38.3 Å². The number of rotatable bonds is 2. The quantitative estimate of drug-likeness (QED) is 0.924. The van der Waals surface area contributed by atoms with E-state index in [2.05, 4.69) is 5.32 Å². The second-order valence-electron chi connectivity index (χ2n) is 6.78. The molecule has 1 N–H and O–H groups in total. The van der Waals surface area contributed by atoms with Crippen molar-refractivity contribution in [3.8, 4) is 0 Å². The largest absolute Gasteiger partial charge is 0.375 e. The number of nitrogens with zero attached hydrogens (tertiary/aromatic N) is 1. The van der Waals surface area contributed by atoms with Crippen molar-refractivity contribution in [3.63, 3.8) is 0 Å². The van der Waals surface area contributed by atoms with Crippen LogP contribution < -0.4 is 10.9 Å². The van der Waals surface area contributed by atoms with E-state index >= 15 is 0 Å². The molecule has 122 valence electrons. The summed E-state index contributed by atoms with van der Waals surface area (Å²) in [6, 6.07) is 7.32. The van der Waals surface area contributed by atoms with Crippen molar-refractivity contribution in [1.29, 1.82) is 0 Å². The van der Waals surface area contributed by atoms with Gasteiger partial charge in [-0.25, -0.2) is 0 Å². The maximum Gasteiger partial charge on any atom is 0.258 e. The summed E-state index contributed by atoms with van der Waals surface area (Å²) < 4.78 is 7.15. The molecule has 0 radical (unpaired) electrons. The van der Waals surface area contributed by atoms with Crippen LogP contribution in [-0.4, -0.2) is 28.7 Å². The van der Waals surface area contributed by atoms with Crippen LogP contribution >= 0.6 is 0 Å². The van der Waals surface area contributed by atoms with E-state index in [9.17, 15) is 9.59 Å². The van der Waals surface area contributed by atoms with E-state index in [1.165, 1.54) is 4.57 Å². The monoisotopic (exact) mass is 314 g/mol. The van der Waals surface area contributed by atoms with E-state index in [1.54, 1.807) is 19.3 Å². The first kappa shape index (κ1) is 15.7. The van der Waals surface area contributed by atoms with Crippen molar-refractivity contribution >= 4 is 16.7 Å². The summed E-state index contributed by atoms with van der Waals surface area (Å²) in [5.41, 5.74) is 0.221. The molecule has 0 unspecified atom stereocenters. The van der Waals surface area contributed by atoms with Gasteiger partial charge in [0, 0.05) is 36.7 Å². The minimum atomic E-state index is -0.220. The van der Waals surface area contributed by atoms with Gasteiger partial charge in [0.25, 0.3) is 11.5 Å². The number of benzene rings is 1. The Labute approximate surface area is 135 Å². The number of nitrogens with one attached hydrogen (secondary N) is 1. The fourth-order valence-electron chi connectivity index (χ4n) is 3.22. The van der Waals surface area contributed by atoms with E-state index in [0.717, 1.165) is 12.8 Å². The second-order valence-corrected chi connectivity index (χ2v) is 6.78. The number of hydrogen-bond acceptors (Lipinski definition) is 3. The van der Waals surface area contributed by atoms with Gasteiger partial charge in [0.2, 0.25) is 0 Å². The van der Waals surface area contributed by atoms with Crippen LogP contribution in [-0.2, 0) is 11.8 Å². The molecule has 3 rings (SSSR count). The molecule has 1 aromatic heterocycles. The first-order valence-corrected chi connectivity index (χ1v) is 7.90. The highest BCUT2D eigenvalue weighted by Crippen LogP contribution is 2.24. The Hall–Kier alpha value is -2.14. The third-order valence-electron chi connectivity index (χ3n) is 4.37. The highest BCUT2D eigenvalue weighted by Gasteiger charge is 2.30. The van der Waals surface area contributed by atoms with Gasteiger partial charge in [-0.05, 0) is 32.8 Å². The lowest BCUT2D eigenvalue weighted by Gasteiger charge is -2.35. The van der Waals surface area contributed by atoms with Gasteiger partial charge in [-0.15, -0.1) is 0 Å². The Bertz CT molecular complexity index is 808. The van der Waals surface area contributed by atoms with Gasteiger partial charge in [0.05, 0.1) is 11.2 Å². The predicted molar refractivity (Wildman–Crippen MR) is 89.7 cm³/mol. The summed E-state index contributed by atoms with van der Waals surface area (Å²) in [6.07, 6.45) is 3.20. The Morgan fingerprint density at radius 1 is 1.30 bits per heavy atom. The Morgan fingerprint density at radius 3 is 2.70 bits per heavy atom. The summed E-state index contributed by atoms with van der Waals surface area (Å²) >= 11 is 0. The number of carbonyl (C=O) groups is 1. The SMILES string of the molecule is Cn1cc(C(=O)N[C@@H]2CCOC(C)(C)C2)c2ccccc2c1=O. The Kier molecular flexibility index (Phi) is 3.98. The smallest absolute Gasteiger partial charge is 0.258 e. The molecule has 0 aliphatic carbocycles. The van der Waals surface area contributed by atoms with Crippen LogP contribution in [0.1, 0.15) is 37.0 Å². The molecule has 0 bridgehead atoms. The molecular formula is C18H22N2O3. The van der Waals surface area contributed by atoms with Crippen LogP contribution in [0.15, 0.2) is 35.3 Å². The third kappa shape index (κ3) is 3.15. The summed E-state index contributed by atoms with van der Waals surface area (Å²) in [5.74, 6) is -0.139. The van der Waals surface area contributed by atoms with Crippen LogP contribution in [0, 0.1) is 0 Å². The number of aryl methyl sites for hydroxylation is 1. The van der Waals surface area contributed by atoms with Gasteiger partial charge in [0.15, 0.2) is 0 Å². The molecule has 1 aromatic carbocycles. The van der Waals surface area contributed by atoms with Crippen molar-refractivity contribution in [3.05, 3.63) is 46.4 Å². The van der Waals surface area contributed by atoms with Gasteiger partial charge < -0.3 is 14.6 Å². The molecule has 0 spiro atoms. The molecule has 23 heavy (non-hydrogen) atoms. The summed E-state index contributed by atoms with van der Waals surface area (Å²) in [7, 11) is 1.67. The average molecular weight is 314 g/mol. The number of ether oxygens (including phenoxy) is 1. The molecule has 1 atom stereocenters. The molecule has 1 aliphatic rings. The van der Waals surface area contributed by atoms with Crippen LogP contribution in [0.3, 0.4) is 0 Å². The lowest BCUT2D eigenvalue weighted by atomic mass is 9.93. The number of carbonyl (C=O) groups excluding carboxylic acids is 1. The van der Waals surface area contributed by atoms with Gasteiger partial charge in [-0.1, -0.05) is 18.2 Å². The van der Waals surface area contributed by atoms with E-state index in [1.807, 2.05) is 32.0 Å². The number of hydrogen-bond donors (Lipinski definition) is 1. The Morgan fingerprint density at radius 2 is 2.00 bits per heavy atom. The van der Waals surface area contributed by atoms with Crippen LogP contribution in [0.5, 0.6) is 0 Å². The maximum absolute atomic E-state index is 12.7. The Balaban J connectivity index is 1.93. The predicted octanol–water partition coefficient (Wildman–Crippen LogP) is 2.23. The number of amides is 1. The molecule has 2 aromatic rings. The van der Waals surface area contributed by atoms with Gasteiger partial charge >= 0.3 is 0 Å². The molecular weight excluding hydrogens is 292 g/mol. The van der Waals surface area contributed by atoms with Crippen LogP contribution in [0.25, 0.3) is 10.8 Å². The minimum absolute atomic E-state index is 0.0854.